The van der Waals surface area contributed by atoms with Gasteiger partial charge in [0, 0.05) is 22.4 Å². The molecule has 6 heteroatoms. The van der Waals surface area contributed by atoms with Crippen LogP contribution in [0.4, 0.5) is 0 Å². The zero-order valence-electron chi connectivity index (χ0n) is 12.1. The number of hydrogen-bond acceptors (Lipinski definition) is 2. The van der Waals surface area contributed by atoms with E-state index in [1.54, 1.807) is 18.2 Å². The monoisotopic (exact) mass is 343 g/mol. The Bertz CT molecular complexity index is 556. The Kier molecular flexibility index (Phi) is 6.09. The highest BCUT2D eigenvalue weighted by Gasteiger charge is 2.27. The van der Waals surface area contributed by atoms with Gasteiger partial charge in [0.1, 0.15) is 6.04 Å². The fraction of sp³-hybridized carbons (Fsp3) is 0.500. The van der Waals surface area contributed by atoms with Crippen molar-refractivity contribution in [3.8, 4) is 0 Å². The number of rotatable bonds is 5. The highest BCUT2D eigenvalue weighted by Crippen LogP contribution is 2.25. The van der Waals surface area contributed by atoms with E-state index in [0.29, 0.717) is 15.6 Å². The van der Waals surface area contributed by atoms with Crippen molar-refractivity contribution in [2.24, 2.45) is 5.92 Å². The van der Waals surface area contributed by atoms with Crippen molar-refractivity contribution in [2.45, 2.75) is 44.6 Å². The summed E-state index contributed by atoms with van der Waals surface area (Å²) in [7, 11) is 0. The van der Waals surface area contributed by atoms with E-state index in [2.05, 4.69) is 5.32 Å². The van der Waals surface area contributed by atoms with Gasteiger partial charge in [0.05, 0.1) is 0 Å². The molecule has 1 fully saturated rings. The van der Waals surface area contributed by atoms with Crippen LogP contribution in [0, 0.1) is 5.92 Å². The molecule has 0 bridgehead atoms. The van der Waals surface area contributed by atoms with Crippen LogP contribution in [0.2, 0.25) is 10.0 Å². The van der Waals surface area contributed by atoms with Crippen molar-refractivity contribution in [1.82, 2.24) is 5.32 Å². The maximum absolute atomic E-state index is 12.2. The molecule has 0 radical (unpaired) electrons. The molecule has 1 saturated carbocycles. The molecule has 1 aliphatic carbocycles. The average molecular weight is 344 g/mol. The van der Waals surface area contributed by atoms with Gasteiger partial charge in [-0.2, -0.15) is 0 Å². The number of hydrogen-bond donors (Lipinski definition) is 2. The number of carbonyl (C=O) groups excluding carboxylic acids is 1. The molecule has 120 valence electrons. The molecule has 0 unspecified atom stereocenters. The second-order valence-electron chi connectivity index (χ2n) is 5.67. The van der Waals surface area contributed by atoms with Crippen LogP contribution in [0.3, 0.4) is 0 Å². The van der Waals surface area contributed by atoms with Gasteiger partial charge >= 0.3 is 5.97 Å². The van der Waals surface area contributed by atoms with E-state index in [1.165, 1.54) is 0 Å². The Morgan fingerprint density at radius 3 is 2.50 bits per heavy atom. The highest BCUT2D eigenvalue weighted by molar-refractivity contribution is 6.35. The van der Waals surface area contributed by atoms with Crippen LogP contribution in [-0.4, -0.2) is 23.0 Å². The minimum absolute atomic E-state index is 0.0729. The van der Waals surface area contributed by atoms with Gasteiger partial charge in [0.2, 0.25) is 5.91 Å². The number of nitrogens with one attached hydrogen (secondary N) is 1. The molecular weight excluding hydrogens is 325 g/mol. The smallest absolute Gasteiger partial charge is 0.326 e. The number of carboxylic acid groups (broad SMARTS) is 1. The maximum Gasteiger partial charge on any atom is 0.326 e. The second kappa shape index (κ2) is 7.84. The third kappa shape index (κ3) is 4.62. The van der Waals surface area contributed by atoms with E-state index in [1.807, 2.05) is 0 Å². The minimum Gasteiger partial charge on any atom is -0.480 e. The van der Waals surface area contributed by atoms with Crippen LogP contribution in [-0.2, 0) is 16.0 Å². The Morgan fingerprint density at radius 2 is 1.91 bits per heavy atom. The Labute approximate surface area is 139 Å². The lowest BCUT2D eigenvalue weighted by Crippen LogP contribution is -2.45. The van der Waals surface area contributed by atoms with Crippen LogP contribution in [0.15, 0.2) is 18.2 Å². The molecule has 0 spiro atoms. The normalized spacial score (nSPS) is 17.0. The van der Waals surface area contributed by atoms with Crippen molar-refractivity contribution in [2.75, 3.05) is 0 Å². The first-order valence-electron chi connectivity index (χ1n) is 7.44. The van der Waals surface area contributed by atoms with Gasteiger partial charge in [-0.1, -0.05) is 48.5 Å². The van der Waals surface area contributed by atoms with Crippen LogP contribution >= 0.6 is 23.2 Å². The van der Waals surface area contributed by atoms with Crippen LogP contribution in [0.1, 0.15) is 37.7 Å². The third-order valence-corrected chi connectivity index (χ3v) is 4.62. The zero-order chi connectivity index (χ0) is 16.1. The molecule has 0 aromatic heterocycles. The molecule has 1 atom stereocenters. The van der Waals surface area contributed by atoms with E-state index >= 15 is 0 Å². The van der Waals surface area contributed by atoms with Gasteiger partial charge in [-0.25, -0.2) is 4.79 Å². The summed E-state index contributed by atoms with van der Waals surface area (Å²) in [6.45, 7) is 0. The molecule has 1 amide bonds. The summed E-state index contributed by atoms with van der Waals surface area (Å²) in [5, 5.41) is 12.9. The topological polar surface area (TPSA) is 66.4 Å². The Balaban J connectivity index is 2.03. The molecular formula is C16H19Cl2NO3. The molecule has 4 nitrogen and oxygen atoms in total. The first-order valence-corrected chi connectivity index (χ1v) is 8.20. The van der Waals surface area contributed by atoms with Crippen molar-refractivity contribution < 1.29 is 14.7 Å². The van der Waals surface area contributed by atoms with E-state index in [0.717, 1.165) is 32.1 Å². The first kappa shape index (κ1) is 17.1. The molecule has 1 aromatic carbocycles. The molecule has 2 rings (SSSR count). The van der Waals surface area contributed by atoms with Crippen LogP contribution in [0.25, 0.3) is 0 Å². The summed E-state index contributed by atoms with van der Waals surface area (Å²) in [4.78, 5) is 23.6. The summed E-state index contributed by atoms with van der Waals surface area (Å²) < 4.78 is 0. The van der Waals surface area contributed by atoms with Crippen molar-refractivity contribution in [3.05, 3.63) is 33.8 Å². The van der Waals surface area contributed by atoms with Crippen LogP contribution in [0.5, 0.6) is 0 Å². The number of carbonyl (C=O) groups is 2. The van der Waals surface area contributed by atoms with E-state index in [9.17, 15) is 14.7 Å². The average Bonchev–Trinajstić information content (AvgIpc) is 2.49. The van der Waals surface area contributed by atoms with E-state index in [-0.39, 0.29) is 18.2 Å². The van der Waals surface area contributed by atoms with Crippen molar-refractivity contribution in [3.63, 3.8) is 0 Å². The molecule has 1 aromatic rings. The molecule has 1 aliphatic rings. The zero-order valence-corrected chi connectivity index (χ0v) is 13.7. The summed E-state index contributed by atoms with van der Waals surface area (Å²) in [6.07, 6.45) is 5.01. The van der Waals surface area contributed by atoms with Crippen LogP contribution < -0.4 is 5.32 Å². The van der Waals surface area contributed by atoms with Crippen molar-refractivity contribution in [1.29, 1.82) is 0 Å². The molecule has 0 heterocycles. The highest BCUT2D eigenvalue weighted by atomic mass is 35.5. The molecule has 2 N–H and O–H groups in total. The standard InChI is InChI=1S/C16H19Cl2NO3/c17-12-7-6-11(13(18)9-12)8-14(16(21)22)19-15(20)10-4-2-1-3-5-10/h6-7,9-10,14H,1-5,8H2,(H,19,20)(H,21,22)/t14-/m1/s1. The van der Waals surface area contributed by atoms with E-state index in [4.69, 9.17) is 23.2 Å². The summed E-state index contributed by atoms with van der Waals surface area (Å²) >= 11 is 11.9. The Morgan fingerprint density at radius 1 is 1.23 bits per heavy atom. The lowest BCUT2D eigenvalue weighted by Gasteiger charge is -2.23. The molecule has 22 heavy (non-hydrogen) atoms. The van der Waals surface area contributed by atoms with Gasteiger partial charge in [0.25, 0.3) is 0 Å². The minimum atomic E-state index is -1.06. The maximum atomic E-state index is 12.2. The fourth-order valence-electron chi connectivity index (χ4n) is 2.76. The first-order chi connectivity index (χ1) is 10.5. The summed E-state index contributed by atoms with van der Waals surface area (Å²) in [5.74, 6) is -1.30. The summed E-state index contributed by atoms with van der Waals surface area (Å²) in [6, 6.07) is 3.94. The van der Waals surface area contributed by atoms with Gasteiger partial charge in [0.15, 0.2) is 0 Å². The SMILES string of the molecule is O=C(N[C@H](Cc1ccc(Cl)cc1Cl)C(=O)O)C1CCCCC1. The van der Waals surface area contributed by atoms with Gasteiger partial charge in [-0.15, -0.1) is 0 Å². The van der Waals surface area contributed by atoms with Gasteiger partial charge < -0.3 is 10.4 Å². The van der Waals surface area contributed by atoms with E-state index < -0.39 is 12.0 Å². The molecule has 0 saturated heterocycles. The summed E-state index contributed by atoms with van der Waals surface area (Å²) in [5.41, 5.74) is 0.655. The fourth-order valence-corrected chi connectivity index (χ4v) is 3.25. The van der Waals surface area contributed by atoms with Gasteiger partial charge in [-0.05, 0) is 30.5 Å². The number of amides is 1. The lowest BCUT2D eigenvalue weighted by atomic mass is 9.88. The predicted octanol–water partition coefficient (Wildman–Crippen LogP) is 3.69. The largest absolute Gasteiger partial charge is 0.480 e. The molecule has 0 aliphatic heterocycles. The second-order valence-corrected chi connectivity index (χ2v) is 6.52. The Hall–Kier alpha value is -1.26. The quantitative estimate of drug-likeness (QED) is 0.856. The third-order valence-electron chi connectivity index (χ3n) is 4.03. The lowest BCUT2D eigenvalue weighted by molar-refractivity contribution is -0.142. The predicted molar refractivity (Wildman–Crippen MR) is 86.3 cm³/mol. The number of carboxylic acids is 1. The number of halogens is 2. The van der Waals surface area contributed by atoms with Gasteiger partial charge in [-0.3, -0.25) is 4.79 Å². The van der Waals surface area contributed by atoms with Crippen molar-refractivity contribution >= 4 is 35.1 Å². The number of benzene rings is 1. The number of aliphatic carboxylic acids is 1.